The van der Waals surface area contributed by atoms with E-state index in [1.165, 1.54) is 108 Å². The summed E-state index contributed by atoms with van der Waals surface area (Å²) >= 11 is 0. The van der Waals surface area contributed by atoms with Crippen LogP contribution in [0.5, 0.6) is 23.0 Å². The van der Waals surface area contributed by atoms with Gasteiger partial charge in [-0.15, -0.1) is 11.1 Å². The van der Waals surface area contributed by atoms with Crippen LogP contribution in [0.1, 0.15) is 298 Å². The van der Waals surface area contributed by atoms with E-state index >= 15 is 0 Å². The van der Waals surface area contributed by atoms with Crippen molar-refractivity contribution in [1.82, 2.24) is 4.57 Å². The van der Waals surface area contributed by atoms with Gasteiger partial charge in [-0.05, 0) is 142 Å². The number of aromatic nitrogens is 1. The van der Waals surface area contributed by atoms with Gasteiger partial charge < -0.3 is 23.5 Å². The zero-order chi connectivity index (χ0) is 75.4. The fraction of sp³-hybridized carbons (Fsp3) is 0.510. The van der Waals surface area contributed by atoms with Gasteiger partial charge in [0.2, 0.25) is 0 Å². The normalized spacial score (nSPS) is 11.4. The zero-order valence-corrected chi connectivity index (χ0v) is 69.8. The molecule has 0 radical (unpaired) electrons. The van der Waals surface area contributed by atoms with E-state index in [2.05, 4.69) is 301 Å². The molecule has 6 aromatic carbocycles. The zero-order valence-electron chi connectivity index (χ0n) is 67.8. The number of hydrogen-bond acceptors (Lipinski definition) is 4. The molecule has 1 heterocycles. The highest BCUT2D eigenvalue weighted by molar-refractivity contribution is 6.91. The standard InChI is InChI=1S/C98H129NO4Si2/c1-17-21-25-29-33-42-64-100-95-74-88(97(102-66-44-35-31-27-23-19-3)72-86(95)50-40-46-68-104(76(5)6,77(7)8)78(9)10)56-52-82-54-62-91-92-63-55-83(71-94(92)99(93(91)70-82)90-60-58-85(59-61-90)84-48-38-37-39-49-84)53-57-89-75-96(101-65-43-34-30-26-22-18-2)87(73-98(89)103-67-45-36-32-28-24-20-4)51-41-47-69-105(79(11)12,80(13)14)81(15)16/h37-39,48-49,54-55,58-63,70-81H,17-36,42-45,64-67H2,1-16H3. The van der Waals surface area contributed by atoms with Crippen molar-refractivity contribution in [2.24, 2.45) is 0 Å². The number of nitrogens with zero attached hydrogens (tertiary/aromatic N) is 1. The Morgan fingerprint density at radius 2 is 0.590 bits per heavy atom. The van der Waals surface area contributed by atoms with Crippen LogP contribution in [0.4, 0.5) is 0 Å². The minimum Gasteiger partial charge on any atom is -0.492 e. The lowest BCUT2D eigenvalue weighted by atomic mass is 10.1. The summed E-state index contributed by atoms with van der Waals surface area (Å²) < 4.78 is 29.5. The SMILES string of the molecule is CCCCCCCCOc1cc(C#Cc2ccc3c4ccc(C#Cc5cc(OCCCCCCCC)c(C#CC#C[Si](C(C)C)(C(C)C)C(C)C)cc5OCCCCCCCC)cc4n(-c4ccc(-c5ccccc5)cc4)c3c2)c(OCCCCCCCC)cc1C#CC#C[Si](C(C)C)(C(C)C)C(C)C. The van der Waals surface area contributed by atoms with Crippen LogP contribution in [0, 0.1) is 70.3 Å². The molecular weight excluding hydrogens is 1310 g/mol. The van der Waals surface area contributed by atoms with Gasteiger partial charge in [-0.25, -0.2) is 0 Å². The first-order chi connectivity index (χ1) is 50.9. The summed E-state index contributed by atoms with van der Waals surface area (Å²) in [6, 6.07) is 41.1. The second kappa shape index (κ2) is 44.9. The molecule has 7 heteroatoms. The summed E-state index contributed by atoms with van der Waals surface area (Å²) in [5.41, 5.74) is 21.1. The molecule has 0 fully saturated rings. The molecule has 558 valence electrons. The van der Waals surface area contributed by atoms with E-state index in [0.29, 0.717) is 59.7 Å². The monoisotopic (exact) mass is 1440 g/mol. The summed E-state index contributed by atoms with van der Waals surface area (Å²) in [5.74, 6) is 38.0. The number of benzene rings is 6. The summed E-state index contributed by atoms with van der Waals surface area (Å²) in [6.45, 7) is 39.7. The Hall–Kier alpha value is -7.89. The quantitative estimate of drug-likeness (QED) is 0.0218. The fourth-order valence-corrected chi connectivity index (χ4v) is 26.0. The molecule has 105 heavy (non-hydrogen) atoms. The third-order valence-corrected chi connectivity index (χ3v) is 34.3. The van der Waals surface area contributed by atoms with E-state index in [1.54, 1.807) is 0 Å². The Kier molecular flexibility index (Phi) is 36.1. The highest BCUT2D eigenvalue weighted by atomic mass is 28.3. The average Bonchev–Trinajstić information content (AvgIpc) is 1.59. The highest BCUT2D eigenvalue weighted by Crippen LogP contribution is 2.43. The minimum atomic E-state index is -1.99. The largest absolute Gasteiger partial charge is 0.492 e. The Balaban J connectivity index is 1.38. The molecule has 0 aliphatic heterocycles. The first-order valence-electron chi connectivity index (χ1n) is 41.1. The van der Waals surface area contributed by atoms with Gasteiger partial charge in [0.05, 0.1) is 59.7 Å². The molecule has 7 rings (SSSR count). The van der Waals surface area contributed by atoms with Crippen LogP contribution in [0.25, 0.3) is 38.6 Å². The predicted molar refractivity (Wildman–Crippen MR) is 458 cm³/mol. The van der Waals surface area contributed by atoms with Crippen molar-refractivity contribution in [1.29, 1.82) is 0 Å². The lowest BCUT2D eigenvalue weighted by Gasteiger charge is -2.37. The molecular formula is C98H129NO4Si2. The van der Waals surface area contributed by atoms with E-state index in [-0.39, 0.29) is 0 Å². The Labute approximate surface area is 640 Å². The van der Waals surface area contributed by atoms with E-state index < -0.39 is 16.1 Å². The minimum absolute atomic E-state index is 0.515. The van der Waals surface area contributed by atoms with Crippen LogP contribution in [0.15, 0.2) is 115 Å². The molecule has 0 saturated carbocycles. The van der Waals surface area contributed by atoms with Crippen LogP contribution < -0.4 is 18.9 Å². The van der Waals surface area contributed by atoms with Gasteiger partial charge in [0.25, 0.3) is 0 Å². The van der Waals surface area contributed by atoms with Gasteiger partial charge in [0.1, 0.15) is 39.1 Å². The van der Waals surface area contributed by atoms with Crippen molar-refractivity contribution < 1.29 is 18.9 Å². The van der Waals surface area contributed by atoms with Crippen molar-refractivity contribution in [2.45, 2.75) is 298 Å². The number of ether oxygens (including phenoxy) is 4. The molecule has 0 atom stereocenters. The maximum atomic E-state index is 6.79. The number of hydrogen-bond donors (Lipinski definition) is 0. The Morgan fingerprint density at radius 1 is 0.295 bits per heavy atom. The lowest BCUT2D eigenvalue weighted by molar-refractivity contribution is 0.295. The maximum absolute atomic E-state index is 6.79. The van der Waals surface area contributed by atoms with Crippen LogP contribution >= 0.6 is 0 Å². The Morgan fingerprint density at radius 3 is 0.905 bits per heavy atom. The van der Waals surface area contributed by atoms with Crippen molar-refractivity contribution in [3.63, 3.8) is 0 Å². The molecule has 0 amide bonds. The first-order valence-corrected chi connectivity index (χ1v) is 45.6. The van der Waals surface area contributed by atoms with Crippen LogP contribution in [0.3, 0.4) is 0 Å². The van der Waals surface area contributed by atoms with Crippen molar-refractivity contribution >= 4 is 38.0 Å². The highest BCUT2D eigenvalue weighted by Gasteiger charge is 2.43. The molecule has 0 unspecified atom stereocenters. The first kappa shape index (κ1) is 84.4. The number of fused-ring (bicyclic) bond motifs is 3. The van der Waals surface area contributed by atoms with Gasteiger partial charge in [0, 0.05) is 51.9 Å². The van der Waals surface area contributed by atoms with Crippen molar-refractivity contribution in [2.75, 3.05) is 26.4 Å². The third kappa shape index (κ3) is 24.6. The van der Waals surface area contributed by atoms with Crippen molar-refractivity contribution in [3.8, 4) is 110 Å². The predicted octanol–water partition coefficient (Wildman–Crippen LogP) is 27.4. The fourth-order valence-electron chi connectivity index (χ4n) is 15.8. The molecule has 0 aliphatic carbocycles. The summed E-state index contributed by atoms with van der Waals surface area (Å²) in [5, 5.41) is 2.25. The molecule has 5 nitrogen and oxygen atoms in total. The second-order valence-corrected chi connectivity index (χ2v) is 42.3. The number of unbranched alkanes of at least 4 members (excludes halogenated alkanes) is 20. The van der Waals surface area contributed by atoms with E-state index in [1.807, 2.05) is 0 Å². The molecule has 0 aliphatic rings. The van der Waals surface area contributed by atoms with Gasteiger partial charge in [-0.3, -0.25) is 0 Å². The number of rotatable bonds is 40. The van der Waals surface area contributed by atoms with E-state index in [9.17, 15) is 0 Å². The van der Waals surface area contributed by atoms with Gasteiger partial charge >= 0.3 is 0 Å². The lowest BCUT2D eigenvalue weighted by Crippen LogP contribution is -2.43. The molecule has 1 aromatic heterocycles. The summed E-state index contributed by atoms with van der Waals surface area (Å²) in [7, 11) is -3.98. The molecule has 0 N–H and O–H groups in total. The Bertz CT molecular complexity index is 3950. The van der Waals surface area contributed by atoms with E-state index in [4.69, 9.17) is 18.9 Å². The topological polar surface area (TPSA) is 41.9 Å². The van der Waals surface area contributed by atoms with Gasteiger partial charge in [-0.2, -0.15) is 0 Å². The third-order valence-electron chi connectivity index (χ3n) is 21.7. The smallest absolute Gasteiger partial charge is 0.147 e. The van der Waals surface area contributed by atoms with E-state index in [0.717, 1.165) is 141 Å². The van der Waals surface area contributed by atoms with Crippen LogP contribution in [-0.2, 0) is 0 Å². The second-order valence-electron chi connectivity index (χ2n) is 31.2. The van der Waals surface area contributed by atoms with Crippen molar-refractivity contribution in [3.05, 3.63) is 149 Å². The molecule has 7 aromatic rings. The average molecular weight is 1440 g/mol. The molecule has 0 bridgehead atoms. The molecule has 0 saturated heterocycles. The maximum Gasteiger partial charge on any atom is 0.147 e. The molecule has 0 spiro atoms. The summed E-state index contributed by atoms with van der Waals surface area (Å²) in [4.78, 5) is 0. The van der Waals surface area contributed by atoms with Crippen LogP contribution in [0.2, 0.25) is 33.2 Å². The van der Waals surface area contributed by atoms with Gasteiger partial charge in [-0.1, -0.05) is 317 Å². The summed E-state index contributed by atoms with van der Waals surface area (Å²) in [6.07, 6.45) is 28.1. The van der Waals surface area contributed by atoms with Crippen LogP contribution in [-0.4, -0.2) is 47.1 Å². The van der Waals surface area contributed by atoms with Gasteiger partial charge in [0.15, 0.2) is 0 Å².